The summed E-state index contributed by atoms with van der Waals surface area (Å²) in [5.74, 6) is -0.329. The molecule has 0 unspecified atom stereocenters. The Balaban J connectivity index is 1.54. The van der Waals surface area contributed by atoms with E-state index in [2.05, 4.69) is 9.88 Å². The average molecular weight is 485 g/mol. The molecule has 178 valence electrons. The smallest absolute Gasteiger partial charge is 0.309 e. The lowest BCUT2D eigenvalue weighted by atomic mass is 9.97. The Morgan fingerprint density at radius 3 is 2.38 bits per heavy atom. The first-order chi connectivity index (χ1) is 15.2. The molecular weight excluding hydrogens is 452 g/mol. The van der Waals surface area contributed by atoms with Crippen LogP contribution in [0.1, 0.15) is 26.7 Å². The number of carbonyl (C=O) groups excluding carboxylic acids is 2. The fraction of sp³-hybridized carbons (Fsp3) is 0.667. The number of hydrogen-bond acceptors (Lipinski definition) is 8. The predicted octanol–water partition coefficient (Wildman–Crippen LogP) is 1.30. The van der Waals surface area contributed by atoms with E-state index in [4.69, 9.17) is 4.74 Å². The number of carbonyl (C=O) groups is 2. The van der Waals surface area contributed by atoms with Crippen molar-refractivity contribution < 1.29 is 22.7 Å². The number of esters is 1. The van der Waals surface area contributed by atoms with Gasteiger partial charge in [-0.3, -0.25) is 9.59 Å². The fourth-order valence-electron chi connectivity index (χ4n) is 3.85. The van der Waals surface area contributed by atoms with E-state index in [-0.39, 0.29) is 27.9 Å². The van der Waals surface area contributed by atoms with Gasteiger partial charge in [-0.2, -0.15) is 4.31 Å². The number of pyridine rings is 1. The topological polar surface area (TPSA) is 100 Å². The van der Waals surface area contributed by atoms with E-state index in [1.165, 1.54) is 22.3 Å². The molecule has 1 amide bonds. The molecule has 3 heterocycles. The number of sulfonamides is 1. The van der Waals surface area contributed by atoms with Crippen molar-refractivity contribution in [3.63, 3.8) is 0 Å². The van der Waals surface area contributed by atoms with E-state index < -0.39 is 10.0 Å². The molecule has 0 N–H and O–H groups in total. The van der Waals surface area contributed by atoms with Gasteiger partial charge >= 0.3 is 5.97 Å². The Morgan fingerprint density at radius 2 is 1.81 bits per heavy atom. The molecule has 0 radical (unpaired) electrons. The molecule has 1 atom stereocenters. The molecule has 2 aliphatic rings. The van der Waals surface area contributed by atoms with Crippen LogP contribution in [-0.4, -0.2) is 97.6 Å². The molecule has 1 aromatic heterocycles. The minimum Gasteiger partial charge on any atom is -0.466 e. The molecule has 3 rings (SSSR count). The van der Waals surface area contributed by atoms with Gasteiger partial charge in [-0.25, -0.2) is 13.4 Å². The molecule has 2 aliphatic heterocycles. The van der Waals surface area contributed by atoms with Gasteiger partial charge in [-0.15, -0.1) is 0 Å². The number of likely N-dealkylation sites (N-methyl/N-ethyl adjacent to an activating group) is 1. The molecule has 32 heavy (non-hydrogen) atoms. The molecule has 9 nitrogen and oxygen atoms in total. The third-order valence-electron chi connectivity index (χ3n) is 5.88. The van der Waals surface area contributed by atoms with E-state index in [0.29, 0.717) is 63.7 Å². The lowest BCUT2D eigenvalue weighted by Gasteiger charge is -2.32. The zero-order valence-electron chi connectivity index (χ0n) is 18.9. The van der Waals surface area contributed by atoms with E-state index in [9.17, 15) is 18.0 Å². The summed E-state index contributed by atoms with van der Waals surface area (Å²) in [5, 5.41) is 0.242. The lowest BCUT2D eigenvalue weighted by Crippen LogP contribution is -2.47. The molecule has 11 heteroatoms. The Morgan fingerprint density at radius 1 is 1.16 bits per heavy atom. The van der Waals surface area contributed by atoms with Crippen LogP contribution >= 0.6 is 11.8 Å². The Hall–Kier alpha value is -1.69. The second-order valence-corrected chi connectivity index (χ2v) is 11.5. The SMILES string of the molecule is CCOC(=O)C1CCN(C(=O)[C@@H](C)Sc2ccc(S(=O)(=O)N3CCN(C)CC3)cn2)CC1. The van der Waals surface area contributed by atoms with Crippen molar-refractivity contribution in [3.8, 4) is 0 Å². The van der Waals surface area contributed by atoms with Crippen molar-refractivity contribution in [2.24, 2.45) is 5.92 Å². The van der Waals surface area contributed by atoms with Crippen LogP contribution in [0, 0.1) is 5.92 Å². The molecule has 2 fully saturated rings. The maximum Gasteiger partial charge on any atom is 0.309 e. The van der Waals surface area contributed by atoms with E-state index in [1.54, 1.807) is 24.0 Å². The summed E-state index contributed by atoms with van der Waals surface area (Å²) in [6.07, 6.45) is 2.59. The molecule has 1 aromatic rings. The van der Waals surface area contributed by atoms with Crippen molar-refractivity contribution in [1.29, 1.82) is 0 Å². The second-order valence-electron chi connectivity index (χ2n) is 8.15. The van der Waals surface area contributed by atoms with Gasteiger partial charge in [0.25, 0.3) is 0 Å². The highest BCUT2D eigenvalue weighted by molar-refractivity contribution is 8.00. The normalized spacial score (nSPS) is 20.2. The van der Waals surface area contributed by atoms with Crippen LogP contribution < -0.4 is 0 Å². The summed E-state index contributed by atoms with van der Waals surface area (Å²) < 4.78 is 32.2. The van der Waals surface area contributed by atoms with Gasteiger partial charge in [-0.1, -0.05) is 11.8 Å². The van der Waals surface area contributed by atoms with Gasteiger partial charge in [0.1, 0.15) is 4.90 Å². The zero-order chi connectivity index (χ0) is 23.3. The van der Waals surface area contributed by atoms with Crippen LogP contribution in [-0.2, 0) is 24.3 Å². The standard InChI is InChI=1S/C21H32N4O5S2/c1-4-30-21(27)17-7-9-24(10-8-17)20(26)16(2)31-19-6-5-18(15-22-19)32(28,29)25-13-11-23(3)12-14-25/h5-6,15-17H,4,7-14H2,1-3H3/t16-/m1/s1. The van der Waals surface area contributed by atoms with Crippen molar-refractivity contribution in [3.05, 3.63) is 18.3 Å². The fourth-order valence-corrected chi connectivity index (χ4v) is 6.09. The highest BCUT2D eigenvalue weighted by atomic mass is 32.2. The maximum atomic E-state index is 12.8. The summed E-state index contributed by atoms with van der Waals surface area (Å²) in [5.41, 5.74) is 0. The number of likely N-dealkylation sites (tertiary alicyclic amines) is 1. The minimum atomic E-state index is -3.56. The molecule has 2 saturated heterocycles. The predicted molar refractivity (Wildman–Crippen MR) is 122 cm³/mol. The number of rotatable bonds is 7. The third kappa shape index (κ3) is 6.00. The summed E-state index contributed by atoms with van der Waals surface area (Å²) in [7, 11) is -1.58. The van der Waals surface area contributed by atoms with Crippen LogP contribution in [0.3, 0.4) is 0 Å². The summed E-state index contributed by atoms with van der Waals surface area (Å²) in [6, 6.07) is 3.22. The van der Waals surface area contributed by atoms with E-state index in [0.717, 1.165) is 0 Å². The van der Waals surface area contributed by atoms with Crippen LogP contribution in [0.2, 0.25) is 0 Å². The van der Waals surface area contributed by atoms with Crippen molar-refractivity contribution in [2.75, 3.05) is 52.9 Å². The Kier molecular flexibility index (Phi) is 8.54. The van der Waals surface area contributed by atoms with Gasteiger partial charge in [-0.05, 0) is 45.9 Å². The molecule has 0 aliphatic carbocycles. The summed E-state index contributed by atoms with van der Waals surface area (Å²) in [6.45, 7) is 7.38. The lowest BCUT2D eigenvalue weighted by molar-refractivity contribution is -0.151. The molecule has 0 aromatic carbocycles. The minimum absolute atomic E-state index is 0.00626. The van der Waals surface area contributed by atoms with Crippen molar-refractivity contribution in [1.82, 2.24) is 19.1 Å². The highest BCUT2D eigenvalue weighted by Crippen LogP contribution is 2.27. The first kappa shape index (κ1) is 24.9. The number of aromatic nitrogens is 1. The molecule has 0 saturated carbocycles. The van der Waals surface area contributed by atoms with Gasteiger partial charge in [0.05, 0.1) is 22.8 Å². The number of hydrogen-bond donors (Lipinski definition) is 0. The van der Waals surface area contributed by atoms with Crippen LogP contribution in [0.25, 0.3) is 0 Å². The molecule has 0 spiro atoms. The largest absolute Gasteiger partial charge is 0.466 e. The Bertz CT molecular complexity index is 893. The average Bonchev–Trinajstić information content (AvgIpc) is 2.79. The molecular formula is C21H32N4O5S2. The monoisotopic (exact) mass is 484 g/mol. The van der Waals surface area contributed by atoms with Crippen LogP contribution in [0.4, 0.5) is 0 Å². The van der Waals surface area contributed by atoms with E-state index in [1.807, 2.05) is 14.0 Å². The van der Waals surface area contributed by atoms with Crippen LogP contribution in [0.5, 0.6) is 0 Å². The van der Waals surface area contributed by atoms with Crippen LogP contribution in [0.15, 0.2) is 28.3 Å². The number of piperazine rings is 1. The number of nitrogens with zero attached hydrogens (tertiary/aromatic N) is 4. The maximum absolute atomic E-state index is 12.8. The number of ether oxygens (including phenoxy) is 1. The van der Waals surface area contributed by atoms with Gasteiger partial charge in [0, 0.05) is 45.5 Å². The first-order valence-electron chi connectivity index (χ1n) is 11.0. The zero-order valence-corrected chi connectivity index (χ0v) is 20.5. The number of piperidine rings is 1. The molecule has 0 bridgehead atoms. The van der Waals surface area contributed by atoms with Gasteiger partial charge in [0.2, 0.25) is 15.9 Å². The van der Waals surface area contributed by atoms with Crippen molar-refractivity contribution >= 4 is 33.7 Å². The van der Waals surface area contributed by atoms with Gasteiger partial charge < -0.3 is 14.5 Å². The Labute approximate surface area is 194 Å². The number of amides is 1. The third-order valence-corrected chi connectivity index (χ3v) is 8.80. The second kappa shape index (κ2) is 11.0. The van der Waals surface area contributed by atoms with Crippen molar-refractivity contribution in [2.45, 2.75) is 41.9 Å². The van der Waals surface area contributed by atoms with Gasteiger partial charge in [0.15, 0.2) is 0 Å². The summed E-state index contributed by atoms with van der Waals surface area (Å²) in [4.78, 5) is 33.0. The highest BCUT2D eigenvalue weighted by Gasteiger charge is 2.31. The number of thioether (sulfide) groups is 1. The summed E-state index contributed by atoms with van der Waals surface area (Å²) >= 11 is 1.31. The quantitative estimate of drug-likeness (QED) is 0.422. The van der Waals surface area contributed by atoms with E-state index >= 15 is 0 Å². The first-order valence-corrected chi connectivity index (χ1v) is 13.3.